The molecule has 0 saturated carbocycles. The number of anilines is 1. The second kappa shape index (κ2) is 7.94. The van der Waals surface area contributed by atoms with Crippen molar-refractivity contribution in [1.29, 1.82) is 0 Å². The molecule has 0 spiro atoms. The third-order valence-electron chi connectivity index (χ3n) is 5.17. The second-order valence-electron chi connectivity index (χ2n) is 7.25. The van der Waals surface area contributed by atoms with Crippen LogP contribution < -0.4 is 10.9 Å². The van der Waals surface area contributed by atoms with Crippen LogP contribution in [0.3, 0.4) is 0 Å². The molecule has 33 heavy (non-hydrogen) atoms. The van der Waals surface area contributed by atoms with Crippen LogP contribution in [0.5, 0.6) is 0 Å². The first kappa shape index (κ1) is 20.5. The number of benzene rings is 3. The fourth-order valence-corrected chi connectivity index (χ4v) is 3.71. The van der Waals surface area contributed by atoms with Crippen LogP contribution >= 0.6 is 0 Å². The van der Waals surface area contributed by atoms with E-state index in [2.05, 4.69) is 20.9 Å². The van der Waals surface area contributed by atoms with Crippen LogP contribution in [0.4, 0.5) is 18.9 Å². The number of carbonyl (C=O) groups excluding carboxylic acids is 1. The lowest BCUT2D eigenvalue weighted by Gasteiger charge is -2.15. The first-order valence-electron chi connectivity index (χ1n) is 9.98. The molecule has 0 aliphatic rings. The number of rotatable bonds is 4. The van der Waals surface area contributed by atoms with Gasteiger partial charge in [0.2, 0.25) is 0 Å². The van der Waals surface area contributed by atoms with E-state index >= 15 is 0 Å². The largest absolute Gasteiger partial charge is 0.434 e. The fraction of sp³-hybridized carbons (Fsp3) is 0.0417. The second-order valence-corrected chi connectivity index (χ2v) is 7.25. The highest BCUT2D eigenvalue weighted by atomic mass is 19.4. The summed E-state index contributed by atoms with van der Waals surface area (Å²) in [6.07, 6.45) is -3.88. The van der Waals surface area contributed by atoms with Crippen molar-refractivity contribution in [2.45, 2.75) is 6.18 Å². The van der Waals surface area contributed by atoms with Crippen LogP contribution in [0.1, 0.15) is 16.1 Å². The number of pyridine rings is 1. The van der Waals surface area contributed by atoms with Gasteiger partial charge >= 0.3 is 6.18 Å². The number of nitrogens with one attached hydrogen (secondary N) is 2. The van der Waals surface area contributed by atoms with Crippen LogP contribution in [0.2, 0.25) is 0 Å². The summed E-state index contributed by atoms with van der Waals surface area (Å²) in [5.74, 6) is -0.963. The number of halogens is 3. The number of amides is 1. The number of hydrazine groups is 1. The van der Waals surface area contributed by atoms with Gasteiger partial charge in [-0.15, -0.1) is 0 Å². The quantitative estimate of drug-likeness (QED) is 0.288. The Bertz CT molecular complexity index is 1420. The molecule has 0 aliphatic heterocycles. The Morgan fingerprint density at radius 2 is 1.39 bits per heavy atom. The SMILES string of the molecule is O=C(NNc1c2ccccc2nc2ccccc12)c1cnn(-c2ccccc2)c1C(F)(F)F. The summed E-state index contributed by atoms with van der Waals surface area (Å²) in [4.78, 5) is 17.5. The minimum atomic E-state index is -4.80. The molecule has 0 bridgehead atoms. The highest BCUT2D eigenvalue weighted by Gasteiger charge is 2.40. The Hall–Kier alpha value is -4.40. The molecule has 2 N–H and O–H groups in total. The van der Waals surface area contributed by atoms with E-state index in [-0.39, 0.29) is 5.69 Å². The Kier molecular flexibility index (Phi) is 4.93. The zero-order valence-corrected chi connectivity index (χ0v) is 17.0. The predicted molar refractivity (Wildman–Crippen MR) is 119 cm³/mol. The maximum atomic E-state index is 13.9. The molecular weight excluding hydrogens is 431 g/mol. The smallest absolute Gasteiger partial charge is 0.297 e. The molecule has 0 atom stereocenters. The van der Waals surface area contributed by atoms with Gasteiger partial charge in [-0.3, -0.25) is 15.6 Å². The zero-order chi connectivity index (χ0) is 23.0. The minimum Gasteiger partial charge on any atom is -0.297 e. The predicted octanol–water partition coefficient (Wildman–Crippen LogP) is 5.35. The van der Waals surface area contributed by atoms with Crippen LogP contribution in [0.15, 0.2) is 85.1 Å². The van der Waals surface area contributed by atoms with Crippen LogP contribution in [-0.2, 0) is 6.18 Å². The van der Waals surface area contributed by atoms with Crippen molar-refractivity contribution in [1.82, 2.24) is 20.2 Å². The van der Waals surface area contributed by atoms with E-state index in [0.717, 1.165) is 6.20 Å². The van der Waals surface area contributed by atoms with Crippen molar-refractivity contribution < 1.29 is 18.0 Å². The maximum Gasteiger partial charge on any atom is 0.434 e. The summed E-state index contributed by atoms with van der Waals surface area (Å²) in [6, 6.07) is 22.4. The molecule has 164 valence electrons. The first-order chi connectivity index (χ1) is 15.9. The van der Waals surface area contributed by atoms with Gasteiger partial charge in [0.25, 0.3) is 5.91 Å². The van der Waals surface area contributed by atoms with Crippen LogP contribution in [0.25, 0.3) is 27.5 Å². The van der Waals surface area contributed by atoms with E-state index in [4.69, 9.17) is 0 Å². The molecule has 0 unspecified atom stereocenters. The van der Waals surface area contributed by atoms with Crippen LogP contribution in [-0.4, -0.2) is 20.7 Å². The standard InChI is InChI=1S/C24H16F3N5O/c25-24(26,27)22-18(14-28-32(22)15-8-2-1-3-9-15)23(33)31-30-21-16-10-4-6-12-19(16)29-20-13-7-5-11-17(20)21/h1-14H,(H,29,30)(H,31,33). The summed E-state index contributed by atoms with van der Waals surface area (Å²) in [5.41, 5.74) is 5.56. The number of para-hydroxylation sites is 3. The molecule has 1 amide bonds. The zero-order valence-electron chi connectivity index (χ0n) is 17.0. The van der Waals surface area contributed by atoms with Gasteiger partial charge in [0.05, 0.1) is 34.2 Å². The normalized spacial score (nSPS) is 11.6. The van der Waals surface area contributed by atoms with E-state index in [1.807, 2.05) is 48.5 Å². The molecule has 2 heterocycles. The number of carbonyl (C=O) groups is 1. The molecule has 3 aromatic carbocycles. The lowest BCUT2D eigenvalue weighted by molar-refractivity contribution is -0.143. The van der Waals surface area contributed by atoms with E-state index in [1.165, 1.54) is 12.1 Å². The molecule has 0 fully saturated rings. The van der Waals surface area contributed by atoms with Crippen molar-refractivity contribution in [3.63, 3.8) is 0 Å². The van der Waals surface area contributed by atoms with E-state index in [1.54, 1.807) is 18.2 Å². The van der Waals surface area contributed by atoms with Crippen molar-refractivity contribution in [2.24, 2.45) is 0 Å². The van der Waals surface area contributed by atoms with Gasteiger partial charge in [-0.1, -0.05) is 54.6 Å². The summed E-state index contributed by atoms with van der Waals surface area (Å²) in [6.45, 7) is 0. The van der Waals surface area contributed by atoms with Crippen molar-refractivity contribution in [2.75, 3.05) is 5.43 Å². The Balaban J connectivity index is 1.53. The van der Waals surface area contributed by atoms with Gasteiger partial charge in [-0.2, -0.15) is 18.3 Å². The van der Waals surface area contributed by atoms with Gasteiger partial charge in [0, 0.05) is 10.8 Å². The fourth-order valence-electron chi connectivity index (χ4n) is 3.71. The molecule has 0 radical (unpaired) electrons. The molecular formula is C24H16F3N5O. The van der Waals surface area contributed by atoms with Crippen molar-refractivity contribution in [3.8, 4) is 5.69 Å². The number of nitrogens with zero attached hydrogens (tertiary/aromatic N) is 3. The molecule has 0 aliphatic carbocycles. The van der Waals surface area contributed by atoms with Gasteiger partial charge in [0.1, 0.15) is 0 Å². The summed E-state index contributed by atoms with van der Waals surface area (Å²) < 4.78 is 42.4. The lowest BCUT2D eigenvalue weighted by atomic mass is 10.1. The average Bonchev–Trinajstić information content (AvgIpc) is 3.28. The molecule has 5 aromatic rings. The van der Waals surface area contributed by atoms with Crippen LogP contribution in [0, 0.1) is 0 Å². The summed E-state index contributed by atoms with van der Waals surface area (Å²) >= 11 is 0. The highest BCUT2D eigenvalue weighted by Crippen LogP contribution is 2.34. The molecule has 2 aromatic heterocycles. The monoisotopic (exact) mass is 447 g/mol. The van der Waals surface area contributed by atoms with Gasteiger partial charge in [-0.25, -0.2) is 9.67 Å². The molecule has 9 heteroatoms. The lowest BCUT2D eigenvalue weighted by Crippen LogP contribution is -2.31. The molecule has 0 saturated heterocycles. The van der Waals surface area contributed by atoms with E-state index in [0.29, 0.717) is 32.2 Å². The molecule has 6 nitrogen and oxygen atoms in total. The summed E-state index contributed by atoms with van der Waals surface area (Å²) in [7, 11) is 0. The third kappa shape index (κ3) is 3.73. The molecule has 5 rings (SSSR count). The van der Waals surface area contributed by atoms with Gasteiger partial charge in [0.15, 0.2) is 5.69 Å². The number of fused-ring (bicyclic) bond motifs is 2. The number of aromatic nitrogens is 3. The topological polar surface area (TPSA) is 71.8 Å². The highest BCUT2D eigenvalue weighted by molar-refractivity contribution is 6.08. The minimum absolute atomic E-state index is 0.197. The number of hydrogen-bond donors (Lipinski definition) is 2. The maximum absolute atomic E-state index is 13.9. The van der Waals surface area contributed by atoms with Gasteiger partial charge in [-0.05, 0) is 24.3 Å². The summed E-state index contributed by atoms with van der Waals surface area (Å²) in [5, 5.41) is 5.26. The Morgan fingerprint density at radius 1 is 0.818 bits per heavy atom. The average molecular weight is 447 g/mol. The van der Waals surface area contributed by atoms with Crippen molar-refractivity contribution in [3.05, 3.63) is 96.3 Å². The Morgan fingerprint density at radius 3 is 2.00 bits per heavy atom. The Labute approximate surface area is 185 Å². The van der Waals surface area contributed by atoms with Crippen molar-refractivity contribution >= 4 is 33.4 Å². The van der Waals surface area contributed by atoms with E-state index in [9.17, 15) is 18.0 Å². The first-order valence-corrected chi connectivity index (χ1v) is 9.98. The third-order valence-corrected chi connectivity index (χ3v) is 5.17. The number of alkyl halides is 3. The van der Waals surface area contributed by atoms with E-state index < -0.39 is 23.3 Å². The van der Waals surface area contributed by atoms with Gasteiger partial charge < -0.3 is 0 Å². The number of hydrogen-bond acceptors (Lipinski definition) is 4.